The summed E-state index contributed by atoms with van der Waals surface area (Å²) in [4.78, 5) is 18.9. The second-order valence-corrected chi connectivity index (χ2v) is 4.64. The number of aliphatic hydroxyl groups excluding tert-OH is 1. The molecule has 0 aliphatic rings. The van der Waals surface area contributed by atoms with Crippen LogP contribution in [0.1, 0.15) is 13.3 Å². The first kappa shape index (κ1) is 13.1. The van der Waals surface area contributed by atoms with Gasteiger partial charge in [-0.1, -0.05) is 6.92 Å². The normalized spacial score (nSPS) is 14.9. The van der Waals surface area contributed by atoms with Gasteiger partial charge in [0.15, 0.2) is 5.85 Å². The van der Waals surface area contributed by atoms with Crippen LogP contribution < -0.4 is 0 Å². The zero-order valence-electron chi connectivity index (χ0n) is 7.76. The first-order valence-electron chi connectivity index (χ1n) is 4.16. The predicted molar refractivity (Wildman–Crippen MR) is 50.1 cm³/mol. The van der Waals surface area contributed by atoms with E-state index in [1.54, 1.807) is 4.90 Å². The lowest BCUT2D eigenvalue weighted by Crippen LogP contribution is -2.32. The Hall–Kier alpha value is 0.0700. The van der Waals surface area contributed by atoms with Gasteiger partial charge in [-0.3, -0.25) is 4.57 Å². The summed E-state index contributed by atoms with van der Waals surface area (Å²) in [5.74, 6) is -1.60. The lowest BCUT2D eigenvalue weighted by Gasteiger charge is -2.23. The van der Waals surface area contributed by atoms with Crippen molar-refractivity contribution in [3.8, 4) is 0 Å². The molecular formula is C7H17NO4P. The van der Waals surface area contributed by atoms with Crippen molar-refractivity contribution in [2.24, 2.45) is 0 Å². The van der Waals surface area contributed by atoms with Crippen molar-refractivity contribution in [1.82, 2.24) is 4.90 Å². The van der Waals surface area contributed by atoms with E-state index in [0.717, 1.165) is 6.42 Å². The Balaban J connectivity index is 4.01. The second kappa shape index (κ2) is 5.73. The van der Waals surface area contributed by atoms with E-state index >= 15 is 0 Å². The molecule has 0 aliphatic carbocycles. The van der Waals surface area contributed by atoms with Crippen molar-refractivity contribution in [1.29, 1.82) is 0 Å². The van der Waals surface area contributed by atoms with Gasteiger partial charge in [-0.2, -0.15) is 0 Å². The van der Waals surface area contributed by atoms with Gasteiger partial charge in [0.25, 0.3) is 0 Å². The Morgan fingerprint density at radius 3 is 2.38 bits per heavy atom. The third-order valence-corrected chi connectivity index (χ3v) is 2.61. The highest BCUT2D eigenvalue weighted by Gasteiger charge is 2.27. The molecule has 0 aromatic rings. The van der Waals surface area contributed by atoms with Crippen LogP contribution in [0.4, 0.5) is 0 Å². The van der Waals surface area contributed by atoms with Gasteiger partial charge in [0, 0.05) is 6.54 Å². The van der Waals surface area contributed by atoms with E-state index in [1.807, 2.05) is 6.92 Å². The summed E-state index contributed by atoms with van der Waals surface area (Å²) in [5.41, 5.74) is 0. The molecule has 13 heavy (non-hydrogen) atoms. The number of hydrogen-bond acceptors (Lipinski definition) is 3. The fraction of sp³-hybridized carbons (Fsp3) is 0.857. The van der Waals surface area contributed by atoms with Crippen LogP contribution >= 0.6 is 7.60 Å². The summed E-state index contributed by atoms with van der Waals surface area (Å²) < 4.78 is 10.6. The van der Waals surface area contributed by atoms with Crippen LogP contribution in [0.3, 0.4) is 0 Å². The zero-order chi connectivity index (χ0) is 10.5. The maximum atomic E-state index is 10.6. The van der Waals surface area contributed by atoms with Crippen LogP contribution in [0.25, 0.3) is 0 Å². The average molecular weight is 210 g/mol. The third-order valence-electron chi connectivity index (χ3n) is 1.67. The van der Waals surface area contributed by atoms with Gasteiger partial charge in [-0.05, 0) is 26.4 Å². The summed E-state index contributed by atoms with van der Waals surface area (Å²) in [6.45, 7) is 6.64. The van der Waals surface area contributed by atoms with E-state index in [-0.39, 0.29) is 6.54 Å². The zero-order valence-corrected chi connectivity index (χ0v) is 8.65. The molecule has 0 fully saturated rings. The van der Waals surface area contributed by atoms with E-state index in [0.29, 0.717) is 13.1 Å². The predicted octanol–water partition coefficient (Wildman–Crippen LogP) is 0.0286. The Kier molecular flexibility index (Phi) is 5.76. The van der Waals surface area contributed by atoms with Crippen LogP contribution in [-0.2, 0) is 4.57 Å². The molecule has 0 bridgehead atoms. The van der Waals surface area contributed by atoms with Gasteiger partial charge in [0.1, 0.15) is 0 Å². The molecule has 1 atom stereocenters. The van der Waals surface area contributed by atoms with E-state index < -0.39 is 13.4 Å². The molecule has 1 unspecified atom stereocenters. The summed E-state index contributed by atoms with van der Waals surface area (Å²) in [7, 11) is -4.36. The molecule has 0 saturated carbocycles. The summed E-state index contributed by atoms with van der Waals surface area (Å²) in [5, 5.41) is 9.08. The Bertz CT molecular complexity index is 181. The van der Waals surface area contributed by atoms with Crippen LogP contribution in [0.15, 0.2) is 0 Å². The minimum atomic E-state index is -4.36. The molecule has 3 N–H and O–H groups in total. The van der Waals surface area contributed by atoms with Gasteiger partial charge in [0.05, 0.1) is 0 Å². The van der Waals surface area contributed by atoms with Gasteiger partial charge < -0.3 is 19.8 Å². The third kappa shape index (κ3) is 5.39. The van der Waals surface area contributed by atoms with Gasteiger partial charge in [-0.15, -0.1) is 0 Å². The molecule has 6 heteroatoms. The van der Waals surface area contributed by atoms with Crippen molar-refractivity contribution in [3.05, 3.63) is 6.92 Å². The topological polar surface area (TPSA) is 81.0 Å². The minimum Gasteiger partial charge on any atom is -0.379 e. The summed E-state index contributed by atoms with van der Waals surface area (Å²) >= 11 is 0. The first-order chi connectivity index (χ1) is 5.91. The van der Waals surface area contributed by atoms with Crippen molar-refractivity contribution in [2.45, 2.75) is 19.2 Å². The highest BCUT2D eigenvalue weighted by atomic mass is 31.2. The molecule has 0 spiro atoms. The monoisotopic (exact) mass is 210 g/mol. The van der Waals surface area contributed by atoms with Crippen molar-refractivity contribution in [2.75, 3.05) is 19.6 Å². The molecule has 79 valence electrons. The van der Waals surface area contributed by atoms with Crippen molar-refractivity contribution in [3.63, 3.8) is 0 Å². The minimum absolute atomic E-state index is 0.0262. The molecule has 0 aliphatic heterocycles. The Morgan fingerprint density at radius 2 is 2.08 bits per heavy atom. The maximum Gasteiger partial charge on any atom is 0.355 e. The Labute approximate surface area is 78.5 Å². The molecule has 0 amide bonds. The van der Waals surface area contributed by atoms with E-state index in [4.69, 9.17) is 14.9 Å². The molecule has 0 saturated heterocycles. The number of nitrogens with zero attached hydrogens (tertiary/aromatic N) is 1. The maximum absolute atomic E-state index is 10.6. The van der Waals surface area contributed by atoms with E-state index in [9.17, 15) is 4.57 Å². The summed E-state index contributed by atoms with van der Waals surface area (Å²) in [6.07, 6.45) is 0.864. The van der Waals surface area contributed by atoms with Gasteiger partial charge in [0.2, 0.25) is 0 Å². The highest BCUT2D eigenvalue weighted by Crippen LogP contribution is 2.39. The summed E-state index contributed by atoms with van der Waals surface area (Å²) in [6, 6.07) is 0. The fourth-order valence-corrected chi connectivity index (χ4v) is 1.39. The molecule has 5 nitrogen and oxygen atoms in total. The van der Waals surface area contributed by atoms with E-state index in [2.05, 4.69) is 6.92 Å². The lowest BCUT2D eigenvalue weighted by atomic mass is 10.4. The molecule has 0 heterocycles. The fourth-order valence-electron chi connectivity index (χ4n) is 0.948. The standard InChI is InChI=1S/C7H17NO4P/c1-3-5-8(4-2)6-7(9)13(10,11)12/h7,9H,2-6H2,1H3,(H2,10,11,12). The second-order valence-electron chi connectivity index (χ2n) is 2.87. The number of hydrogen-bond donors (Lipinski definition) is 3. The first-order valence-corrected chi connectivity index (χ1v) is 5.84. The van der Waals surface area contributed by atoms with Crippen molar-refractivity contribution < 1.29 is 19.5 Å². The molecule has 0 aromatic heterocycles. The van der Waals surface area contributed by atoms with Crippen LogP contribution in [0.2, 0.25) is 0 Å². The quantitative estimate of drug-likeness (QED) is 0.539. The van der Waals surface area contributed by atoms with Crippen LogP contribution in [-0.4, -0.2) is 45.3 Å². The molecule has 0 aromatic carbocycles. The van der Waals surface area contributed by atoms with Crippen LogP contribution in [0.5, 0.6) is 0 Å². The largest absolute Gasteiger partial charge is 0.379 e. The molecular weight excluding hydrogens is 193 g/mol. The Morgan fingerprint density at radius 1 is 1.54 bits per heavy atom. The van der Waals surface area contributed by atoms with Gasteiger partial charge in [-0.25, -0.2) is 0 Å². The molecule has 1 radical (unpaired) electrons. The number of aliphatic hydroxyl groups is 1. The van der Waals surface area contributed by atoms with Crippen molar-refractivity contribution >= 4 is 7.60 Å². The average Bonchev–Trinajstić information content (AvgIpc) is 2.01. The van der Waals surface area contributed by atoms with Crippen LogP contribution in [0, 0.1) is 6.92 Å². The highest BCUT2D eigenvalue weighted by molar-refractivity contribution is 7.52. The van der Waals surface area contributed by atoms with Gasteiger partial charge >= 0.3 is 7.60 Å². The van der Waals surface area contributed by atoms with E-state index in [1.165, 1.54) is 0 Å². The smallest absolute Gasteiger partial charge is 0.355 e. The lowest BCUT2D eigenvalue weighted by molar-refractivity contribution is 0.148. The molecule has 0 rings (SSSR count). The SMILES string of the molecule is [CH2]CN(CCC)CC(O)P(=O)(O)O. The number of rotatable bonds is 6.